The van der Waals surface area contributed by atoms with Crippen molar-refractivity contribution in [2.75, 3.05) is 13.1 Å². The van der Waals surface area contributed by atoms with E-state index in [4.69, 9.17) is 0 Å². The quantitative estimate of drug-likeness (QED) is 0.864. The Balaban J connectivity index is 1.98. The summed E-state index contributed by atoms with van der Waals surface area (Å²) in [5.74, 6) is -0.893. The van der Waals surface area contributed by atoms with Crippen LogP contribution in [-0.2, 0) is 16.1 Å². The maximum Gasteiger partial charge on any atom is 0.237 e. The van der Waals surface area contributed by atoms with E-state index in [1.54, 1.807) is 36.9 Å². The number of nitrogens with one attached hydrogen (secondary N) is 1. The number of nitrogens with zero attached hydrogens (tertiary/aromatic N) is 1. The van der Waals surface area contributed by atoms with Crippen molar-refractivity contribution in [1.82, 2.24) is 10.2 Å². The molecule has 1 heterocycles. The van der Waals surface area contributed by atoms with E-state index in [1.807, 2.05) is 0 Å². The van der Waals surface area contributed by atoms with Crippen LogP contribution in [0.5, 0.6) is 0 Å². The molecule has 1 N–H and O–H groups in total. The molecule has 21 heavy (non-hydrogen) atoms. The van der Waals surface area contributed by atoms with Crippen LogP contribution in [-0.4, -0.2) is 29.8 Å². The minimum absolute atomic E-state index is 0.0855. The van der Waals surface area contributed by atoms with Gasteiger partial charge in [-0.1, -0.05) is 18.2 Å². The summed E-state index contributed by atoms with van der Waals surface area (Å²) in [4.78, 5) is 26.4. The van der Waals surface area contributed by atoms with Crippen molar-refractivity contribution in [1.29, 1.82) is 0 Å². The van der Waals surface area contributed by atoms with E-state index in [1.165, 1.54) is 6.07 Å². The van der Waals surface area contributed by atoms with Crippen LogP contribution in [0.3, 0.4) is 0 Å². The Bertz CT molecular complexity index is 537. The summed E-state index contributed by atoms with van der Waals surface area (Å²) in [6, 6.07) is 6.28. The first kappa shape index (κ1) is 15.5. The third-order valence-corrected chi connectivity index (χ3v) is 3.89. The van der Waals surface area contributed by atoms with Gasteiger partial charge in [-0.05, 0) is 32.8 Å². The van der Waals surface area contributed by atoms with Crippen LogP contribution >= 0.6 is 0 Å². The van der Waals surface area contributed by atoms with Crippen LogP contribution in [0.25, 0.3) is 0 Å². The Labute approximate surface area is 124 Å². The van der Waals surface area contributed by atoms with E-state index in [2.05, 4.69) is 5.32 Å². The Morgan fingerprint density at radius 1 is 1.24 bits per heavy atom. The van der Waals surface area contributed by atoms with Gasteiger partial charge in [0.25, 0.3) is 0 Å². The van der Waals surface area contributed by atoms with Crippen molar-refractivity contribution in [3.63, 3.8) is 0 Å². The van der Waals surface area contributed by atoms with Crippen LogP contribution in [0.15, 0.2) is 24.3 Å². The number of hydrogen-bond acceptors (Lipinski definition) is 2. The maximum atomic E-state index is 13.5. The first-order valence-electron chi connectivity index (χ1n) is 7.24. The highest BCUT2D eigenvalue weighted by Gasteiger charge is 2.39. The second kappa shape index (κ2) is 6.24. The lowest BCUT2D eigenvalue weighted by Gasteiger charge is -2.28. The van der Waals surface area contributed by atoms with Crippen LogP contribution in [0.4, 0.5) is 4.39 Å². The van der Waals surface area contributed by atoms with E-state index < -0.39 is 5.41 Å². The molecular formula is C16H21FN2O2. The smallest absolute Gasteiger partial charge is 0.237 e. The first-order chi connectivity index (χ1) is 9.93. The second-order valence-electron chi connectivity index (χ2n) is 5.90. The lowest BCUT2D eigenvalue weighted by Crippen LogP contribution is -2.48. The van der Waals surface area contributed by atoms with Gasteiger partial charge in [0.2, 0.25) is 11.8 Å². The summed E-state index contributed by atoms with van der Waals surface area (Å²) in [6.07, 6.45) is 1.97. The maximum absolute atomic E-state index is 13.5. The van der Waals surface area contributed by atoms with Crippen LogP contribution in [0, 0.1) is 11.2 Å². The van der Waals surface area contributed by atoms with Gasteiger partial charge in [0.1, 0.15) is 11.2 Å². The van der Waals surface area contributed by atoms with Crippen molar-refractivity contribution in [3.05, 3.63) is 35.6 Å². The fraction of sp³-hybridized carbons (Fsp3) is 0.500. The molecule has 0 saturated carbocycles. The molecule has 0 bridgehead atoms. The average molecular weight is 292 g/mol. The monoisotopic (exact) mass is 292 g/mol. The highest BCUT2D eigenvalue weighted by molar-refractivity contribution is 6.04. The van der Waals surface area contributed by atoms with Crippen LogP contribution < -0.4 is 5.32 Å². The molecule has 1 aromatic carbocycles. The average Bonchev–Trinajstić information content (AvgIpc) is 2.99. The van der Waals surface area contributed by atoms with Gasteiger partial charge in [-0.25, -0.2) is 4.39 Å². The summed E-state index contributed by atoms with van der Waals surface area (Å²) in [5.41, 5.74) is -0.717. The van der Waals surface area contributed by atoms with Gasteiger partial charge in [0.05, 0.1) is 0 Å². The van der Waals surface area contributed by atoms with E-state index >= 15 is 0 Å². The van der Waals surface area contributed by atoms with Gasteiger partial charge in [-0.15, -0.1) is 0 Å². The Morgan fingerprint density at radius 3 is 2.48 bits per heavy atom. The Kier molecular flexibility index (Phi) is 4.60. The van der Waals surface area contributed by atoms with Gasteiger partial charge in [0.15, 0.2) is 0 Å². The molecule has 114 valence electrons. The summed E-state index contributed by atoms with van der Waals surface area (Å²) < 4.78 is 13.5. The first-order valence-corrected chi connectivity index (χ1v) is 7.24. The molecule has 1 aliphatic heterocycles. The normalized spacial score (nSPS) is 15.1. The molecule has 0 spiro atoms. The molecule has 5 heteroatoms. The van der Waals surface area contributed by atoms with Crippen LogP contribution in [0.1, 0.15) is 32.3 Å². The van der Waals surface area contributed by atoms with Crippen molar-refractivity contribution in [2.24, 2.45) is 5.41 Å². The zero-order valence-electron chi connectivity index (χ0n) is 12.5. The number of halogens is 1. The van der Waals surface area contributed by atoms with Gasteiger partial charge in [-0.2, -0.15) is 0 Å². The number of likely N-dealkylation sites (tertiary alicyclic amines) is 1. The van der Waals surface area contributed by atoms with E-state index in [0.717, 1.165) is 12.8 Å². The minimum atomic E-state index is -1.13. The summed E-state index contributed by atoms with van der Waals surface area (Å²) in [7, 11) is 0. The molecule has 0 radical (unpaired) electrons. The molecule has 1 saturated heterocycles. The fourth-order valence-corrected chi connectivity index (χ4v) is 2.45. The molecule has 0 atom stereocenters. The summed E-state index contributed by atoms with van der Waals surface area (Å²) in [5, 5.41) is 2.66. The Hall–Kier alpha value is -1.91. The van der Waals surface area contributed by atoms with E-state index in [9.17, 15) is 14.0 Å². The van der Waals surface area contributed by atoms with E-state index in [-0.39, 0.29) is 24.2 Å². The summed E-state index contributed by atoms with van der Waals surface area (Å²) in [6.45, 7) is 4.74. The predicted octanol–water partition coefficient (Wildman–Crippen LogP) is 2.09. The molecule has 0 unspecified atom stereocenters. The van der Waals surface area contributed by atoms with Crippen molar-refractivity contribution >= 4 is 11.8 Å². The number of benzene rings is 1. The largest absolute Gasteiger partial charge is 0.351 e. The zero-order chi connectivity index (χ0) is 15.5. The van der Waals surface area contributed by atoms with Crippen molar-refractivity contribution in [3.8, 4) is 0 Å². The van der Waals surface area contributed by atoms with Gasteiger partial charge < -0.3 is 10.2 Å². The summed E-state index contributed by atoms with van der Waals surface area (Å²) >= 11 is 0. The molecule has 4 nitrogen and oxygen atoms in total. The van der Waals surface area contributed by atoms with Crippen LogP contribution in [0.2, 0.25) is 0 Å². The molecule has 1 fully saturated rings. The minimum Gasteiger partial charge on any atom is -0.351 e. The highest BCUT2D eigenvalue weighted by Crippen LogP contribution is 2.22. The zero-order valence-corrected chi connectivity index (χ0v) is 12.5. The fourth-order valence-electron chi connectivity index (χ4n) is 2.45. The Morgan fingerprint density at radius 2 is 1.86 bits per heavy atom. The number of hydrogen-bond donors (Lipinski definition) is 1. The van der Waals surface area contributed by atoms with Crippen molar-refractivity contribution in [2.45, 2.75) is 33.2 Å². The molecular weight excluding hydrogens is 271 g/mol. The van der Waals surface area contributed by atoms with Gasteiger partial charge >= 0.3 is 0 Å². The molecule has 1 aromatic rings. The van der Waals surface area contributed by atoms with E-state index in [0.29, 0.717) is 18.7 Å². The predicted molar refractivity (Wildman–Crippen MR) is 77.8 cm³/mol. The third kappa shape index (κ3) is 3.40. The van der Waals surface area contributed by atoms with Gasteiger partial charge in [0, 0.05) is 25.2 Å². The SMILES string of the molecule is CC(C)(C(=O)NCc1ccccc1F)C(=O)N1CCCC1. The number of carbonyl (C=O) groups is 2. The number of carbonyl (C=O) groups excluding carboxylic acids is 2. The lowest BCUT2D eigenvalue weighted by atomic mass is 9.90. The molecule has 2 amide bonds. The van der Waals surface area contributed by atoms with Crippen molar-refractivity contribution < 1.29 is 14.0 Å². The highest BCUT2D eigenvalue weighted by atomic mass is 19.1. The molecule has 0 aromatic heterocycles. The lowest BCUT2D eigenvalue weighted by molar-refractivity contribution is -0.147. The number of rotatable bonds is 4. The molecule has 0 aliphatic carbocycles. The molecule has 1 aliphatic rings. The molecule has 2 rings (SSSR count). The third-order valence-electron chi connectivity index (χ3n) is 3.89. The topological polar surface area (TPSA) is 49.4 Å². The number of amides is 2. The van der Waals surface area contributed by atoms with Gasteiger partial charge in [-0.3, -0.25) is 9.59 Å². The second-order valence-corrected chi connectivity index (χ2v) is 5.90. The standard InChI is InChI=1S/C16H21FN2O2/c1-16(2,15(21)19-9-5-6-10-19)14(20)18-11-12-7-3-4-8-13(12)17/h3-4,7-8H,5-6,9-11H2,1-2H3,(H,18,20).